The molecule has 114 valence electrons. The van der Waals surface area contributed by atoms with Gasteiger partial charge in [-0.1, -0.05) is 12.8 Å². The summed E-state index contributed by atoms with van der Waals surface area (Å²) in [7, 11) is 0. The molecule has 1 saturated carbocycles. The molecule has 2 unspecified atom stereocenters. The van der Waals surface area contributed by atoms with Crippen molar-refractivity contribution in [1.29, 1.82) is 0 Å². The number of hydrogen-bond donors (Lipinski definition) is 3. The molecular formula is C15H26N2O3. The predicted molar refractivity (Wildman–Crippen MR) is 75.2 cm³/mol. The van der Waals surface area contributed by atoms with E-state index in [1.807, 2.05) is 0 Å². The Kier molecular flexibility index (Phi) is 4.29. The molecule has 0 aromatic heterocycles. The van der Waals surface area contributed by atoms with Gasteiger partial charge in [0.15, 0.2) is 0 Å². The van der Waals surface area contributed by atoms with Crippen LogP contribution in [0.2, 0.25) is 0 Å². The van der Waals surface area contributed by atoms with E-state index in [4.69, 9.17) is 4.74 Å². The lowest BCUT2D eigenvalue weighted by molar-refractivity contribution is -0.134. The average molecular weight is 282 g/mol. The van der Waals surface area contributed by atoms with Crippen molar-refractivity contribution < 1.29 is 14.6 Å². The summed E-state index contributed by atoms with van der Waals surface area (Å²) in [4.78, 5) is 12.6. The lowest BCUT2D eigenvalue weighted by Gasteiger charge is -2.37. The molecule has 20 heavy (non-hydrogen) atoms. The van der Waals surface area contributed by atoms with E-state index in [-0.39, 0.29) is 17.2 Å². The zero-order valence-corrected chi connectivity index (χ0v) is 12.1. The highest BCUT2D eigenvalue weighted by Crippen LogP contribution is 2.43. The van der Waals surface area contributed by atoms with E-state index in [1.165, 1.54) is 6.42 Å². The highest BCUT2D eigenvalue weighted by Gasteiger charge is 2.49. The van der Waals surface area contributed by atoms with E-state index in [0.29, 0.717) is 19.1 Å². The first-order chi connectivity index (χ1) is 9.72. The van der Waals surface area contributed by atoms with Gasteiger partial charge < -0.3 is 20.5 Å². The first-order valence-corrected chi connectivity index (χ1v) is 7.97. The summed E-state index contributed by atoms with van der Waals surface area (Å²) in [6.07, 6.45) is 4.94. The van der Waals surface area contributed by atoms with Crippen molar-refractivity contribution in [2.24, 2.45) is 17.3 Å². The summed E-state index contributed by atoms with van der Waals surface area (Å²) in [5.74, 6) is 0.796. The number of carbonyl (C=O) groups excluding carboxylic acids is 1. The second-order valence-corrected chi connectivity index (χ2v) is 6.63. The Morgan fingerprint density at radius 1 is 1.45 bits per heavy atom. The maximum absolute atomic E-state index is 12.6. The number of carbonyl (C=O) groups is 1. The molecule has 5 heteroatoms. The van der Waals surface area contributed by atoms with E-state index in [9.17, 15) is 9.90 Å². The third kappa shape index (κ3) is 2.59. The van der Waals surface area contributed by atoms with Crippen LogP contribution in [0.15, 0.2) is 0 Å². The molecule has 3 fully saturated rings. The van der Waals surface area contributed by atoms with E-state index in [0.717, 1.165) is 45.4 Å². The number of amides is 1. The minimum Gasteiger partial charge on any atom is -0.391 e. The van der Waals surface area contributed by atoms with Crippen LogP contribution in [-0.2, 0) is 9.53 Å². The smallest absolute Gasteiger partial charge is 0.227 e. The summed E-state index contributed by atoms with van der Waals surface area (Å²) in [5, 5.41) is 16.5. The second kappa shape index (κ2) is 6.00. The third-order valence-electron chi connectivity index (χ3n) is 5.47. The van der Waals surface area contributed by atoms with Gasteiger partial charge in [-0.15, -0.1) is 0 Å². The molecule has 1 amide bonds. The van der Waals surface area contributed by atoms with Crippen molar-refractivity contribution in [3.05, 3.63) is 0 Å². The number of ether oxygens (including phenoxy) is 1. The zero-order chi connectivity index (χ0) is 14.0. The van der Waals surface area contributed by atoms with Gasteiger partial charge in [0.25, 0.3) is 0 Å². The van der Waals surface area contributed by atoms with Crippen molar-refractivity contribution >= 4 is 5.91 Å². The van der Waals surface area contributed by atoms with Crippen LogP contribution in [0.3, 0.4) is 0 Å². The lowest BCUT2D eigenvalue weighted by atomic mass is 9.67. The minimum atomic E-state index is -0.478. The lowest BCUT2D eigenvalue weighted by Crippen LogP contribution is -2.50. The maximum Gasteiger partial charge on any atom is 0.227 e. The fraction of sp³-hybridized carbons (Fsp3) is 0.933. The minimum absolute atomic E-state index is 0.144. The molecule has 0 aromatic rings. The van der Waals surface area contributed by atoms with Crippen LogP contribution in [0.25, 0.3) is 0 Å². The molecular weight excluding hydrogens is 256 g/mol. The Bertz CT molecular complexity index is 357. The number of fused-ring (bicyclic) bond motifs is 1. The van der Waals surface area contributed by atoms with Gasteiger partial charge in [0.2, 0.25) is 5.91 Å². The molecule has 0 spiro atoms. The van der Waals surface area contributed by atoms with Gasteiger partial charge in [-0.3, -0.25) is 4.79 Å². The molecule has 3 N–H and O–H groups in total. The van der Waals surface area contributed by atoms with Crippen molar-refractivity contribution in [2.45, 2.75) is 38.2 Å². The van der Waals surface area contributed by atoms with Crippen molar-refractivity contribution in [2.75, 3.05) is 32.8 Å². The average Bonchev–Trinajstić information content (AvgIpc) is 3.13. The van der Waals surface area contributed by atoms with Crippen molar-refractivity contribution in [1.82, 2.24) is 10.6 Å². The molecule has 0 radical (unpaired) electrons. The Balaban J connectivity index is 1.55. The Morgan fingerprint density at radius 2 is 2.35 bits per heavy atom. The van der Waals surface area contributed by atoms with Gasteiger partial charge in [-0.05, 0) is 31.7 Å². The summed E-state index contributed by atoms with van der Waals surface area (Å²) in [5.41, 5.74) is -0.218. The Morgan fingerprint density at radius 3 is 3.15 bits per heavy atom. The molecule has 4 atom stereocenters. The van der Waals surface area contributed by atoms with E-state index < -0.39 is 6.10 Å². The molecule has 2 aliphatic heterocycles. The quantitative estimate of drug-likeness (QED) is 0.693. The van der Waals surface area contributed by atoms with Crippen LogP contribution >= 0.6 is 0 Å². The normalized spacial score (nSPS) is 38.5. The second-order valence-electron chi connectivity index (χ2n) is 6.63. The number of hydrogen-bond acceptors (Lipinski definition) is 4. The molecule has 2 saturated heterocycles. The summed E-state index contributed by atoms with van der Waals surface area (Å²) < 4.78 is 5.29. The van der Waals surface area contributed by atoms with Gasteiger partial charge in [0, 0.05) is 25.6 Å². The summed E-state index contributed by atoms with van der Waals surface area (Å²) in [6.45, 7) is 3.47. The predicted octanol–water partition coefficient (Wildman–Crippen LogP) is 0.280. The summed E-state index contributed by atoms with van der Waals surface area (Å²) >= 11 is 0. The van der Waals surface area contributed by atoms with Crippen LogP contribution < -0.4 is 10.6 Å². The molecule has 1 aliphatic carbocycles. The maximum atomic E-state index is 12.6. The molecule has 5 nitrogen and oxygen atoms in total. The standard InChI is InChI=1S/C15H26N2O3/c18-13(11-4-6-20-9-11)8-17-14(19)15-5-2-1-3-12(15)7-16-10-15/h11-13,16,18H,1-10H2,(H,17,19)/t11?,12-,13?,15+/m0/s1. The number of nitrogens with one attached hydrogen (secondary N) is 2. The molecule has 0 bridgehead atoms. The number of aliphatic hydroxyl groups is 1. The van der Waals surface area contributed by atoms with E-state index in [1.54, 1.807) is 0 Å². The summed E-state index contributed by atoms with van der Waals surface area (Å²) in [6, 6.07) is 0. The van der Waals surface area contributed by atoms with Gasteiger partial charge in [0.1, 0.15) is 0 Å². The first-order valence-electron chi connectivity index (χ1n) is 7.97. The van der Waals surface area contributed by atoms with Crippen molar-refractivity contribution in [3.63, 3.8) is 0 Å². The number of rotatable bonds is 4. The monoisotopic (exact) mass is 282 g/mol. The van der Waals surface area contributed by atoms with Crippen LogP contribution in [0.5, 0.6) is 0 Å². The van der Waals surface area contributed by atoms with Gasteiger partial charge >= 0.3 is 0 Å². The van der Waals surface area contributed by atoms with Crippen LogP contribution in [0.4, 0.5) is 0 Å². The zero-order valence-electron chi connectivity index (χ0n) is 12.1. The van der Waals surface area contributed by atoms with Gasteiger partial charge in [0.05, 0.1) is 18.1 Å². The highest BCUT2D eigenvalue weighted by molar-refractivity contribution is 5.83. The molecule has 0 aromatic carbocycles. The Labute approximate surface area is 120 Å². The van der Waals surface area contributed by atoms with Gasteiger partial charge in [-0.25, -0.2) is 0 Å². The number of aliphatic hydroxyl groups excluding tert-OH is 1. The van der Waals surface area contributed by atoms with E-state index in [2.05, 4.69) is 10.6 Å². The fourth-order valence-electron chi connectivity index (χ4n) is 4.09. The molecule has 3 aliphatic rings. The molecule has 2 heterocycles. The topological polar surface area (TPSA) is 70.6 Å². The third-order valence-corrected chi connectivity index (χ3v) is 5.47. The van der Waals surface area contributed by atoms with Crippen LogP contribution in [-0.4, -0.2) is 50.0 Å². The van der Waals surface area contributed by atoms with Crippen LogP contribution in [0.1, 0.15) is 32.1 Å². The highest BCUT2D eigenvalue weighted by atomic mass is 16.5. The first kappa shape index (κ1) is 14.3. The fourth-order valence-corrected chi connectivity index (χ4v) is 4.09. The van der Waals surface area contributed by atoms with Crippen molar-refractivity contribution in [3.8, 4) is 0 Å². The van der Waals surface area contributed by atoms with E-state index >= 15 is 0 Å². The SMILES string of the molecule is O=C(NCC(O)C1CCOC1)[C@@]12CCCC[C@H]1CNC2. The largest absolute Gasteiger partial charge is 0.391 e. The van der Waals surface area contributed by atoms with Crippen LogP contribution in [0, 0.1) is 17.3 Å². The molecule has 3 rings (SSSR count). The Hall–Kier alpha value is -0.650. The van der Waals surface area contributed by atoms with Gasteiger partial charge in [-0.2, -0.15) is 0 Å².